The molecule has 0 bridgehead atoms. The molecule has 1 aliphatic heterocycles. The van der Waals surface area contributed by atoms with Gasteiger partial charge in [-0.15, -0.1) is 0 Å². The van der Waals surface area contributed by atoms with E-state index in [0.717, 1.165) is 0 Å². The van der Waals surface area contributed by atoms with Crippen molar-refractivity contribution in [2.24, 2.45) is 0 Å². The third-order valence-corrected chi connectivity index (χ3v) is 4.94. The van der Waals surface area contributed by atoms with Crippen molar-refractivity contribution < 1.29 is 28.2 Å². The van der Waals surface area contributed by atoms with Crippen LogP contribution in [-0.4, -0.2) is 73.2 Å². The van der Waals surface area contributed by atoms with E-state index in [1.54, 1.807) is 43.3 Å². The molecule has 1 atom stereocenters. The van der Waals surface area contributed by atoms with Crippen molar-refractivity contribution in [1.29, 1.82) is 0 Å². The van der Waals surface area contributed by atoms with Crippen LogP contribution in [0, 0.1) is 5.82 Å². The number of likely N-dealkylation sites (N-methyl/N-ethyl adjacent to an activating group) is 2. The summed E-state index contributed by atoms with van der Waals surface area (Å²) in [6, 6.07) is 7.68. The van der Waals surface area contributed by atoms with Gasteiger partial charge in [-0.1, -0.05) is 0 Å². The Morgan fingerprint density at radius 2 is 2.00 bits per heavy atom. The monoisotopic (exact) mass is 444 g/mol. The van der Waals surface area contributed by atoms with Crippen molar-refractivity contribution in [2.75, 3.05) is 39.1 Å². The van der Waals surface area contributed by atoms with Gasteiger partial charge in [0.2, 0.25) is 5.91 Å². The third-order valence-electron chi connectivity index (χ3n) is 4.94. The lowest BCUT2D eigenvalue weighted by molar-refractivity contribution is -0.145. The number of benzene rings is 1. The summed E-state index contributed by atoms with van der Waals surface area (Å²) in [7, 11) is 5.05. The molecule has 170 valence electrons. The van der Waals surface area contributed by atoms with Crippen LogP contribution in [0.15, 0.2) is 36.5 Å². The number of rotatable bonds is 7. The SMILES string of the molecule is CC(=O)N(C)[C@@H]1CN(c2ccc(-c3ccnc(COC(=O)CN(C)C)c3)c(F)c2)C(=O)O1. The van der Waals surface area contributed by atoms with E-state index in [1.165, 1.54) is 36.0 Å². The predicted octanol–water partition coefficient (Wildman–Crippen LogP) is 2.25. The Morgan fingerprint density at radius 3 is 2.66 bits per heavy atom. The van der Waals surface area contributed by atoms with Crippen LogP contribution in [-0.2, 0) is 25.7 Å². The number of esters is 1. The summed E-state index contributed by atoms with van der Waals surface area (Å²) in [5, 5.41) is 0. The van der Waals surface area contributed by atoms with Gasteiger partial charge < -0.3 is 14.4 Å². The van der Waals surface area contributed by atoms with Gasteiger partial charge in [-0.2, -0.15) is 0 Å². The largest absolute Gasteiger partial charge is 0.458 e. The van der Waals surface area contributed by atoms with Crippen molar-refractivity contribution in [2.45, 2.75) is 19.8 Å². The molecule has 2 heterocycles. The summed E-state index contributed by atoms with van der Waals surface area (Å²) >= 11 is 0. The maximum Gasteiger partial charge on any atom is 0.416 e. The quantitative estimate of drug-likeness (QED) is 0.605. The Kier molecular flexibility index (Phi) is 7.04. The van der Waals surface area contributed by atoms with Gasteiger partial charge in [0, 0.05) is 25.7 Å². The van der Waals surface area contributed by atoms with Crippen LogP contribution in [0.4, 0.5) is 14.9 Å². The highest BCUT2D eigenvalue weighted by Gasteiger charge is 2.36. The number of pyridine rings is 1. The van der Waals surface area contributed by atoms with E-state index in [0.29, 0.717) is 22.5 Å². The fourth-order valence-electron chi connectivity index (χ4n) is 3.15. The van der Waals surface area contributed by atoms with E-state index in [2.05, 4.69) is 4.98 Å². The highest BCUT2D eigenvalue weighted by atomic mass is 19.1. The van der Waals surface area contributed by atoms with Crippen LogP contribution in [0.3, 0.4) is 0 Å². The van der Waals surface area contributed by atoms with Crippen LogP contribution in [0.5, 0.6) is 0 Å². The first kappa shape index (κ1) is 23.1. The Balaban J connectivity index is 1.74. The first-order valence-electron chi connectivity index (χ1n) is 9.92. The molecule has 0 spiro atoms. The molecule has 1 aromatic heterocycles. The zero-order valence-electron chi connectivity index (χ0n) is 18.4. The Labute approximate surface area is 185 Å². The number of carbonyl (C=O) groups excluding carboxylic acids is 3. The molecule has 0 radical (unpaired) electrons. The normalized spacial score (nSPS) is 15.6. The number of hydrogen-bond donors (Lipinski definition) is 0. The maximum absolute atomic E-state index is 14.9. The molecule has 1 aromatic carbocycles. The molecule has 0 aliphatic carbocycles. The number of anilines is 1. The lowest BCUT2D eigenvalue weighted by Crippen LogP contribution is -2.38. The molecule has 1 fully saturated rings. The summed E-state index contributed by atoms with van der Waals surface area (Å²) in [6.45, 7) is 1.60. The summed E-state index contributed by atoms with van der Waals surface area (Å²) in [4.78, 5) is 43.9. The average Bonchev–Trinajstić information content (AvgIpc) is 3.12. The number of amides is 2. The van der Waals surface area contributed by atoms with Crippen molar-refractivity contribution in [3.05, 3.63) is 48.0 Å². The summed E-state index contributed by atoms with van der Waals surface area (Å²) in [5.41, 5.74) is 1.67. The topological polar surface area (TPSA) is 92.3 Å². The van der Waals surface area contributed by atoms with Gasteiger partial charge in [-0.25, -0.2) is 9.18 Å². The molecule has 10 heteroatoms. The first-order valence-corrected chi connectivity index (χ1v) is 9.92. The Bertz CT molecular complexity index is 1030. The zero-order chi connectivity index (χ0) is 23.4. The molecule has 2 aromatic rings. The molecule has 0 N–H and O–H groups in total. The molecule has 0 saturated carbocycles. The minimum Gasteiger partial charge on any atom is -0.458 e. The lowest BCUT2D eigenvalue weighted by Gasteiger charge is -2.20. The van der Waals surface area contributed by atoms with Gasteiger partial charge in [-0.3, -0.25) is 24.4 Å². The number of ether oxygens (including phenoxy) is 2. The first-order chi connectivity index (χ1) is 15.2. The fraction of sp³-hybridized carbons (Fsp3) is 0.364. The van der Waals surface area contributed by atoms with Crippen molar-refractivity contribution >= 4 is 23.7 Å². The number of carbonyl (C=O) groups is 3. The van der Waals surface area contributed by atoms with Crippen LogP contribution in [0.1, 0.15) is 12.6 Å². The maximum atomic E-state index is 14.9. The number of nitrogens with zero attached hydrogens (tertiary/aromatic N) is 4. The van der Waals surface area contributed by atoms with Gasteiger partial charge in [0.05, 0.1) is 24.5 Å². The second-order valence-electron chi connectivity index (χ2n) is 7.68. The molecule has 32 heavy (non-hydrogen) atoms. The van der Waals surface area contributed by atoms with Crippen LogP contribution >= 0.6 is 0 Å². The molecule has 1 saturated heterocycles. The molecule has 9 nitrogen and oxygen atoms in total. The summed E-state index contributed by atoms with van der Waals surface area (Å²) in [6.07, 6.45) is 0.124. The molecular weight excluding hydrogens is 419 g/mol. The van der Waals surface area contributed by atoms with E-state index in [-0.39, 0.29) is 31.6 Å². The highest BCUT2D eigenvalue weighted by molar-refractivity contribution is 5.90. The van der Waals surface area contributed by atoms with Gasteiger partial charge in [0.1, 0.15) is 12.4 Å². The number of halogens is 1. The Hall–Kier alpha value is -3.53. The second-order valence-corrected chi connectivity index (χ2v) is 7.68. The smallest absolute Gasteiger partial charge is 0.416 e. The number of hydrogen-bond acceptors (Lipinski definition) is 7. The second kappa shape index (κ2) is 9.73. The van der Waals surface area contributed by atoms with Crippen LogP contribution in [0.2, 0.25) is 0 Å². The van der Waals surface area contributed by atoms with Crippen molar-refractivity contribution in [1.82, 2.24) is 14.8 Å². The van der Waals surface area contributed by atoms with E-state index >= 15 is 0 Å². The average molecular weight is 444 g/mol. The standard InChI is InChI=1S/C22H25FN4O5/c1-14(28)26(4)20-11-27(22(30)32-20)17-5-6-18(19(23)10-17)15-7-8-24-16(9-15)13-31-21(29)12-25(2)3/h5-10,20H,11-13H2,1-4H3/t20-/m0/s1. The predicted molar refractivity (Wildman–Crippen MR) is 114 cm³/mol. The van der Waals surface area contributed by atoms with Gasteiger partial charge in [0.25, 0.3) is 0 Å². The molecule has 2 amide bonds. The minimum absolute atomic E-state index is 0.0229. The van der Waals surface area contributed by atoms with Gasteiger partial charge in [-0.05, 0) is 50.0 Å². The highest BCUT2D eigenvalue weighted by Crippen LogP contribution is 2.29. The van der Waals surface area contributed by atoms with Crippen molar-refractivity contribution in [3.8, 4) is 11.1 Å². The van der Waals surface area contributed by atoms with E-state index in [9.17, 15) is 18.8 Å². The van der Waals surface area contributed by atoms with E-state index in [1.807, 2.05) is 0 Å². The van der Waals surface area contributed by atoms with E-state index < -0.39 is 18.1 Å². The van der Waals surface area contributed by atoms with E-state index in [4.69, 9.17) is 9.47 Å². The Morgan fingerprint density at radius 1 is 1.25 bits per heavy atom. The fourth-order valence-corrected chi connectivity index (χ4v) is 3.15. The van der Waals surface area contributed by atoms with Gasteiger partial charge in [0.15, 0.2) is 6.23 Å². The van der Waals surface area contributed by atoms with Crippen LogP contribution < -0.4 is 4.90 Å². The number of aromatic nitrogens is 1. The lowest BCUT2D eigenvalue weighted by atomic mass is 10.0. The van der Waals surface area contributed by atoms with Crippen LogP contribution in [0.25, 0.3) is 11.1 Å². The molecule has 0 unspecified atom stereocenters. The number of cyclic esters (lactones) is 1. The van der Waals surface area contributed by atoms with Gasteiger partial charge >= 0.3 is 12.1 Å². The summed E-state index contributed by atoms with van der Waals surface area (Å²) in [5.74, 6) is -1.17. The molecule has 1 aliphatic rings. The van der Waals surface area contributed by atoms with Crippen molar-refractivity contribution in [3.63, 3.8) is 0 Å². The minimum atomic E-state index is -0.735. The molecule has 3 rings (SSSR count). The zero-order valence-corrected chi connectivity index (χ0v) is 18.4. The molecular formula is C22H25FN4O5. The third kappa shape index (κ3) is 5.38. The summed E-state index contributed by atoms with van der Waals surface area (Å²) < 4.78 is 25.3.